The minimum absolute atomic E-state index is 0.147. The highest BCUT2D eigenvalue weighted by molar-refractivity contribution is 5.86. The number of likely N-dealkylation sites (N-methyl/N-ethyl adjacent to an activating group) is 1. The molecule has 3 atom stereocenters. The number of nitrogens with one attached hydrogen (secondary N) is 1. The van der Waals surface area contributed by atoms with E-state index in [1.807, 2.05) is 0 Å². The van der Waals surface area contributed by atoms with Gasteiger partial charge in [0, 0.05) is 18.4 Å². The van der Waals surface area contributed by atoms with Gasteiger partial charge in [-0.25, -0.2) is 9.98 Å². The van der Waals surface area contributed by atoms with Crippen molar-refractivity contribution in [2.45, 2.75) is 32.4 Å². The van der Waals surface area contributed by atoms with Crippen LogP contribution in [0, 0.1) is 11.8 Å². The predicted octanol–water partition coefficient (Wildman–Crippen LogP) is 0.883. The molecule has 2 fully saturated rings. The van der Waals surface area contributed by atoms with E-state index < -0.39 is 5.72 Å². The van der Waals surface area contributed by atoms with E-state index >= 15 is 0 Å². The summed E-state index contributed by atoms with van der Waals surface area (Å²) in [6.07, 6.45) is 1.61. The first kappa shape index (κ1) is 15.0. The summed E-state index contributed by atoms with van der Waals surface area (Å²) in [6.45, 7) is 10.3. The number of fused-ring (bicyclic) bond motifs is 1. The third-order valence-corrected chi connectivity index (χ3v) is 4.20. The minimum Gasteiger partial charge on any atom is -0.438 e. The summed E-state index contributed by atoms with van der Waals surface area (Å²) in [5, 5.41) is 3.16. The Bertz CT molecular complexity index is 423. The number of carbonyl (C=O) groups excluding carboxylic acids is 1. The normalized spacial score (nSPS) is 32.0. The van der Waals surface area contributed by atoms with Gasteiger partial charge in [-0.3, -0.25) is 4.79 Å². The Morgan fingerprint density at radius 1 is 1.60 bits per heavy atom. The van der Waals surface area contributed by atoms with Gasteiger partial charge in [0.2, 0.25) is 5.96 Å². The maximum absolute atomic E-state index is 11.3. The Balaban J connectivity index is 1.86. The van der Waals surface area contributed by atoms with Crippen molar-refractivity contribution >= 4 is 18.6 Å². The fourth-order valence-electron chi connectivity index (χ4n) is 2.88. The lowest BCUT2D eigenvalue weighted by Gasteiger charge is -2.18. The SMILES string of the molecule is C=NC(=NCCN(C)CCC)NC12OC(=O)CC1C2C. The first-order valence-corrected chi connectivity index (χ1v) is 7.23. The lowest BCUT2D eigenvalue weighted by Crippen LogP contribution is -2.40. The Labute approximate surface area is 120 Å². The first-order chi connectivity index (χ1) is 9.53. The molecule has 1 saturated heterocycles. The zero-order chi connectivity index (χ0) is 14.8. The molecule has 1 aliphatic carbocycles. The van der Waals surface area contributed by atoms with Crippen LogP contribution in [0.2, 0.25) is 0 Å². The van der Waals surface area contributed by atoms with Crippen molar-refractivity contribution in [3.05, 3.63) is 0 Å². The van der Waals surface area contributed by atoms with Gasteiger partial charge in [0.1, 0.15) is 0 Å². The maximum atomic E-state index is 11.3. The molecule has 2 aliphatic rings. The van der Waals surface area contributed by atoms with Crippen LogP contribution in [0.1, 0.15) is 26.7 Å². The van der Waals surface area contributed by atoms with E-state index in [-0.39, 0.29) is 11.9 Å². The van der Waals surface area contributed by atoms with Crippen molar-refractivity contribution in [3.8, 4) is 0 Å². The van der Waals surface area contributed by atoms with E-state index in [9.17, 15) is 4.79 Å². The molecule has 112 valence electrons. The Hall–Kier alpha value is -1.43. The van der Waals surface area contributed by atoms with Gasteiger partial charge in [0.15, 0.2) is 5.72 Å². The monoisotopic (exact) mass is 280 g/mol. The number of esters is 1. The van der Waals surface area contributed by atoms with Gasteiger partial charge in [-0.1, -0.05) is 13.8 Å². The first-order valence-electron chi connectivity index (χ1n) is 7.23. The molecule has 0 spiro atoms. The van der Waals surface area contributed by atoms with E-state index in [4.69, 9.17) is 4.74 Å². The summed E-state index contributed by atoms with van der Waals surface area (Å²) in [5.41, 5.74) is -0.577. The summed E-state index contributed by atoms with van der Waals surface area (Å²) in [5.74, 6) is 0.880. The van der Waals surface area contributed by atoms with Crippen molar-refractivity contribution in [2.24, 2.45) is 21.8 Å². The molecule has 0 radical (unpaired) electrons. The van der Waals surface area contributed by atoms with Gasteiger partial charge >= 0.3 is 5.97 Å². The van der Waals surface area contributed by atoms with Gasteiger partial charge in [-0.2, -0.15) is 0 Å². The van der Waals surface area contributed by atoms with Gasteiger partial charge in [-0.15, -0.1) is 0 Å². The molecule has 1 saturated carbocycles. The molecular weight excluding hydrogens is 256 g/mol. The standard InChI is InChI=1S/C14H24N4O2/c1-5-7-18(4)8-6-16-13(15-3)17-14-10(2)11(14)9-12(19)20-14/h10-11H,3,5-9H2,1-2,4H3,(H,16,17). The van der Waals surface area contributed by atoms with E-state index in [0.717, 1.165) is 19.5 Å². The zero-order valence-corrected chi connectivity index (χ0v) is 12.6. The van der Waals surface area contributed by atoms with Crippen LogP contribution in [0.3, 0.4) is 0 Å². The smallest absolute Gasteiger partial charge is 0.308 e. The highest BCUT2D eigenvalue weighted by Crippen LogP contribution is 2.57. The lowest BCUT2D eigenvalue weighted by atomic mass is 10.3. The summed E-state index contributed by atoms with van der Waals surface area (Å²) in [7, 11) is 2.07. The van der Waals surface area contributed by atoms with E-state index in [1.165, 1.54) is 0 Å². The van der Waals surface area contributed by atoms with Crippen LogP contribution in [-0.4, -0.2) is 56.0 Å². The zero-order valence-electron chi connectivity index (χ0n) is 12.6. The summed E-state index contributed by atoms with van der Waals surface area (Å²) in [4.78, 5) is 21.9. The molecule has 1 aliphatic heterocycles. The largest absolute Gasteiger partial charge is 0.438 e. The average molecular weight is 280 g/mol. The van der Waals surface area contributed by atoms with Gasteiger partial charge in [-0.05, 0) is 26.7 Å². The molecule has 0 amide bonds. The third-order valence-electron chi connectivity index (χ3n) is 4.20. The molecule has 6 nitrogen and oxygen atoms in total. The molecule has 20 heavy (non-hydrogen) atoms. The van der Waals surface area contributed by atoms with Crippen molar-refractivity contribution in [1.29, 1.82) is 0 Å². The number of guanidine groups is 1. The number of hydrogen-bond acceptors (Lipinski definition) is 4. The molecule has 2 rings (SSSR count). The molecule has 1 N–H and O–H groups in total. The number of aliphatic imine (C=N–C) groups is 2. The summed E-state index contributed by atoms with van der Waals surface area (Å²) >= 11 is 0. The molecule has 3 unspecified atom stereocenters. The molecule has 0 bridgehead atoms. The quantitative estimate of drug-likeness (QED) is 0.446. The molecule has 0 aromatic carbocycles. The molecule has 1 heterocycles. The van der Waals surface area contributed by atoms with E-state index in [0.29, 0.717) is 24.8 Å². The second kappa shape index (κ2) is 5.91. The number of ether oxygens (including phenoxy) is 1. The molecule has 0 aromatic rings. The Kier molecular flexibility index (Phi) is 4.42. The molecular formula is C14H24N4O2. The van der Waals surface area contributed by atoms with Crippen molar-refractivity contribution < 1.29 is 9.53 Å². The minimum atomic E-state index is -0.577. The van der Waals surface area contributed by atoms with Crippen LogP contribution in [-0.2, 0) is 9.53 Å². The average Bonchev–Trinajstić information content (AvgIpc) is 2.78. The van der Waals surface area contributed by atoms with Crippen molar-refractivity contribution in [3.63, 3.8) is 0 Å². The highest BCUT2D eigenvalue weighted by atomic mass is 16.6. The fourth-order valence-corrected chi connectivity index (χ4v) is 2.88. The second-order valence-corrected chi connectivity index (χ2v) is 5.66. The highest BCUT2D eigenvalue weighted by Gasteiger charge is 2.71. The predicted molar refractivity (Wildman–Crippen MR) is 78.9 cm³/mol. The van der Waals surface area contributed by atoms with Gasteiger partial charge < -0.3 is 15.0 Å². The van der Waals surface area contributed by atoms with Crippen molar-refractivity contribution in [2.75, 3.05) is 26.7 Å². The number of carbonyl (C=O) groups is 1. The van der Waals surface area contributed by atoms with Crippen LogP contribution in [0.15, 0.2) is 9.98 Å². The lowest BCUT2D eigenvalue weighted by molar-refractivity contribution is -0.147. The van der Waals surface area contributed by atoms with Gasteiger partial charge in [0.25, 0.3) is 0 Å². The summed E-state index contributed by atoms with van der Waals surface area (Å²) in [6, 6.07) is 0. The second-order valence-electron chi connectivity index (χ2n) is 5.66. The van der Waals surface area contributed by atoms with Gasteiger partial charge in [0.05, 0.1) is 13.0 Å². The molecule has 6 heteroatoms. The van der Waals surface area contributed by atoms with Crippen LogP contribution in [0.4, 0.5) is 0 Å². The Morgan fingerprint density at radius 2 is 2.35 bits per heavy atom. The third kappa shape index (κ3) is 2.85. The topological polar surface area (TPSA) is 66.3 Å². The summed E-state index contributed by atoms with van der Waals surface area (Å²) < 4.78 is 5.40. The fraction of sp³-hybridized carbons (Fsp3) is 0.786. The maximum Gasteiger partial charge on any atom is 0.308 e. The molecule has 0 aromatic heterocycles. The number of hydrogen-bond donors (Lipinski definition) is 1. The number of nitrogens with zero attached hydrogens (tertiary/aromatic N) is 3. The van der Waals surface area contributed by atoms with Crippen LogP contribution >= 0.6 is 0 Å². The van der Waals surface area contributed by atoms with Crippen LogP contribution in [0.25, 0.3) is 0 Å². The van der Waals surface area contributed by atoms with Crippen LogP contribution < -0.4 is 5.32 Å². The van der Waals surface area contributed by atoms with Crippen LogP contribution in [0.5, 0.6) is 0 Å². The van der Waals surface area contributed by atoms with E-state index in [2.05, 4.69) is 47.8 Å². The Morgan fingerprint density at radius 3 is 2.95 bits per heavy atom. The van der Waals surface area contributed by atoms with Crippen molar-refractivity contribution in [1.82, 2.24) is 10.2 Å². The van der Waals surface area contributed by atoms with E-state index in [1.54, 1.807) is 0 Å². The number of rotatable bonds is 6.